The minimum Gasteiger partial charge on any atom is -0.481 e. The van der Waals surface area contributed by atoms with Crippen LogP contribution in [0.25, 0.3) is 0 Å². The third-order valence-corrected chi connectivity index (χ3v) is 3.08. The number of aryl methyl sites for hydroxylation is 1. The van der Waals surface area contributed by atoms with E-state index in [0.29, 0.717) is 5.56 Å². The Hall–Kier alpha value is -2.44. The number of rotatable bonds is 6. The number of nitrogens with one attached hydrogen (secondary N) is 1. The standard InChI is InChI=1S/C14H18N2O5/c1-9-4-5-10(8-11(9)16(20)21)13(19)15-14(2,3)7-6-12(17)18/h4-5,8H,6-7H2,1-3H3,(H,15,19)(H,17,18). The quantitative estimate of drug-likeness (QED) is 0.617. The van der Waals surface area contributed by atoms with Crippen molar-refractivity contribution >= 4 is 17.6 Å². The van der Waals surface area contributed by atoms with Crippen molar-refractivity contribution in [3.8, 4) is 0 Å². The third-order valence-electron chi connectivity index (χ3n) is 3.08. The fourth-order valence-electron chi connectivity index (χ4n) is 1.81. The summed E-state index contributed by atoms with van der Waals surface area (Å²) in [6.07, 6.45) is 0.198. The van der Waals surface area contributed by atoms with Crippen LogP contribution in [0.3, 0.4) is 0 Å². The van der Waals surface area contributed by atoms with E-state index in [0.717, 1.165) is 0 Å². The number of benzene rings is 1. The zero-order chi connectivity index (χ0) is 16.2. The lowest BCUT2D eigenvalue weighted by Gasteiger charge is -2.25. The van der Waals surface area contributed by atoms with Gasteiger partial charge in [0.15, 0.2) is 0 Å². The second-order valence-corrected chi connectivity index (χ2v) is 5.49. The molecule has 2 N–H and O–H groups in total. The normalized spacial score (nSPS) is 11.0. The molecule has 0 atom stereocenters. The Balaban J connectivity index is 2.87. The number of carbonyl (C=O) groups excluding carboxylic acids is 1. The third kappa shape index (κ3) is 4.87. The smallest absolute Gasteiger partial charge is 0.303 e. The van der Waals surface area contributed by atoms with Gasteiger partial charge in [-0.1, -0.05) is 6.07 Å². The molecule has 1 rings (SSSR count). The number of amides is 1. The van der Waals surface area contributed by atoms with Crippen molar-refractivity contribution in [3.63, 3.8) is 0 Å². The zero-order valence-electron chi connectivity index (χ0n) is 12.2. The monoisotopic (exact) mass is 294 g/mol. The number of nitro groups is 1. The highest BCUT2D eigenvalue weighted by atomic mass is 16.6. The molecule has 0 fully saturated rings. The number of nitro benzene ring substituents is 1. The molecule has 0 unspecified atom stereocenters. The molecule has 7 nitrogen and oxygen atoms in total. The topological polar surface area (TPSA) is 110 Å². The molecule has 0 heterocycles. The van der Waals surface area contributed by atoms with Crippen LogP contribution in [0.15, 0.2) is 18.2 Å². The van der Waals surface area contributed by atoms with Gasteiger partial charge in [0.1, 0.15) is 0 Å². The number of carboxylic acid groups (broad SMARTS) is 1. The van der Waals surface area contributed by atoms with E-state index in [2.05, 4.69) is 5.32 Å². The molecule has 0 aliphatic rings. The van der Waals surface area contributed by atoms with Crippen LogP contribution in [0, 0.1) is 17.0 Å². The first-order valence-electron chi connectivity index (χ1n) is 6.42. The van der Waals surface area contributed by atoms with Crippen LogP contribution in [0.5, 0.6) is 0 Å². The SMILES string of the molecule is Cc1ccc(C(=O)NC(C)(C)CCC(=O)O)cc1[N+](=O)[O-]. The van der Waals surface area contributed by atoms with Gasteiger partial charge < -0.3 is 10.4 Å². The van der Waals surface area contributed by atoms with Gasteiger partial charge in [-0.25, -0.2) is 0 Å². The van der Waals surface area contributed by atoms with Gasteiger partial charge >= 0.3 is 5.97 Å². The molecule has 0 bridgehead atoms. The molecule has 1 aromatic rings. The molecule has 0 radical (unpaired) electrons. The maximum Gasteiger partial charge on any atom is 0.303 e. The second kappa shape index (κ2) is 6.34. The molecule has 0 aliphatic heterocycles. The van der Waals surface area contributed by atoms with E-state index < -0.39 is 22.3 Å². The summed E-state index contributed by atoms with van der Waals surface area (Å²) in [5, 5.41) is 22.2. The minimum absolute atomic E-state index is 0.0681. The first kappa shape index (κ1) is 16.6. The number of nitrogens with zero attached hydrogens (tertiary/aromatic N) is 1. The van der Waals surface area contributed by atoms with Crippen molar-refractivity contribution < 1.29 is 19.6 Å². The predicted octanol–water partition coefficient (Wildman–Crippen LogP) is 2.28. The van der Waals surface area contributed by atoms with E-state index >= 15 is 0 Å². The number of carboxylic acids is 1. The lowest BCUT2D eigenvalue weighted by molar-refractivity contribution is -0.385. The van der Waals surface area contributed by atoms with Crippen LogP contribution < -0.4 is 5.32 Å². The largest absolute Gasteiger partial charge is 0.481 e. The highest BCUT2D eigenvalue weighted by molar-refractivity contribution is 5.95. The molecule has 1 aromatic carbocycles. The lowest BCUT2D eigenvalue weighted by atomic mass is 9.97. The Morgan fingerprint density at radius 1 is 1.38 bits per heavy atom. The van der Waals surface area contributed by atoms with Crippen LogP contribution in [-0.2, 0) is 4.79 Å². The van der Waals surface area contributed by atoms with Gasteiger partial charge in [0.05, 0.1) is 4.92 Å². The molecule has 0 aromatic heterocycles. The van der Waals surface area contributed by atoms with Crippen molar-refractivity contribution in [2.75, 3.05) is 0 Å². The Kier molecular flexibility index (Phi) is 5.02. The van der Waals surface area contributed by atoms with Crippen LogP contribution in [0.4, 0.5) is 5.69 Å². The summed E-state index contributed by atoms with van der Waals surface area (Å²) >= 11 is 0. The molecule has 1 amide bonds. The number of aliphatic carboxylic acids is 1. The van der Waals surface area contributed by atoms with Crippen molar-refractivity contribution in [2.24, 2.45) is 0 Å². The Morgan fingerprint density at radius 3 is 2.52 bits per heavy atom. The van der Waals surface area contributed by atoms with Crippen molar-refractivity contribution in [1.29, 1.82) is 0 Å². The van der Waals surface area contributed by atoms with Crippen LogP contribution >= 0.6 is 0 Å². The van der Waals surface area contributed by atoms with Gasteiger partial charge in [0.2, 0.25) is 0 Å². The number of hydrogen-bond donors (Lipinski definition) is 2. The molecule has 0 saturated heterocycles. The summed E-state index contributed by atoms with van der Waals surface area (Å²) in [4.78, 5) is 33.0. The Labute approximate surface area is 122 Å². The van der Waals surface area contributed by atoms with Crippen LogP contribution in [0.1, 0.15) is 42.6 Å². The molecular weight excluding hydrogens is 276 g/mol. The van der Waals surface area contributed by atoms with Crippen molar-refractivity contribution in [3.05, 3.63) is 39.4 Å². The fourth-order valence-corrected chi connectivity index (χ4v) is 1.81. The average Bonchev–Trinajstić information content (AvgIpc) is 2.36. The maximum absolute atomic E-state index is 12.1. The highest BCUT2D eigenvalue weighted by Gasteiger charge is 2.23. The second-order valence-electron chi connectivity index (χ2n) is 5.49. The number of hydrogen-bond acceptors (Lipinski definition) is 4. The summed E-state index contributed by atoms with van der Waals surface area (Å²) in [5.41, 5.74) is -0.182. The van der Waals surface area contributed by atoms with Crippen molar-refractivity contribution in [1.82, 2.24) is 5.32 Å². The van der Waals surface area contributed by atoms with Crippen molar-refractivity contribution in [2.45, 2.75) is 39.2 Å². The number of carbonyl (C=O) groups is 2. The summed E-state index contributed by atoms with van der Waals surface area (Å²) < 4.78 is 0. The van der Waals surface area contributed by atoms with Crippen LogP contribution in [-0.4, -0.2) is 27.4 Å². The summed E-state index contributed by atoms with van der Waals surface area (Å²) in [6, 6.07) is 4.24. The first-order valence-corrected chi connectivity index (χ1v) is 6.42. The van der Waals surface area contributed by atoms with E-state index in [1.807, 2.05) is 0 Å². The summed E-state index contributed by atoms with van der Waals surface area (Å²) in [7, 11) is 0. The van der Waals surface area contributed by atoms with E-state index in [1.165, 1.54) is 18.2 Å². The van der Waals surface area contributed by atoms with Gasteiger partial charge in [0.25, 0.3) is 11.6 Å². The first-order chi connectivity index (χ1) is 9.62. The zero-order valence-corrected chi connectivity index (χ0v) is 12.2. The molecule has 21 heavy (non-hydrogen) atoms. The Bertz CT molecular complexity index is 581. The highest BCUT2D eigenvalue weighted by Crippen LogP contribution is 2.20. The minimum atomic E-state index is -0.941. The molecule has 0 aliphatic carbocycles. The molecular formula is C14H18N2O5. The van der Waals surface area contributed by atoms with Gasteiger partial charge in [-0.15, -0.1) is 0 Å². The summed E-state index contributed by atoms with van der Waals surface area (Å²) in [6.45, 7) is 5.00. The molecule has 7 heteroatoms. The molecule has 0 saturated carbocycles. The van der Waals surface area contributed by atoms with Gasteiger partial charge in [-0.05, 0) is 33.3 Å². The van der Waals surface area contributed by atoms with E-state index in [9.17, 15) is 19.7 Å². The van der Waals surface area contributed by atoms with E-state index in [4.69, 9.17) is 5.11 Å². The fraction of sp³-hybridized carbons (Fsp3) is 0.429. The average molecular weight is 294 g/mol. The van der Waals surface area contributed by atoms with Gasteiger partial charge in [0, 0.05) is 29.2 Å². The summed E-state index contributed by atoms with van der Waals surface area (Å²) in [5.74, 6) is -1.41. The Morgan fingerprint density at radius 2 is 2.00 bits per heavy atom. The van der Waals surface area contributed by atoms with Gasteiger partial charge in [-0.3, -0.25) is 19.7 Å². The predicted molar refractivity (Wildman–Crippen MR) is 76.2 cm³/mol. The molecule has 114 valence electrons. The lowest BCUT2D eigenvalue weighted by Crippen LogP contribution is -2.43. The van der Waals surface area contributed by atoms with E-state index in [-0.39, 0.29) is 24.1 Å². The van der Waals surface area contributed by atoms with Crippen LogP contribution in [0.2, 0.25) is 0 Å². The van der Waals surface area contributed by atoms with E-state index in [1.54, 1.807) is 20.8 Å². The van der Waals surface area contributed by atoms with Gasteiger partial charge in [-0.2, -0.15) is 0 Å². The maximum atomic E-state index is 12.1. The molecule has 0 spiro atoms.